The molecule has 21 heavy (non-hydrogen) atoms. The Bertz CT molecular complexity index is 481. The number of para-hydroxylation sites is 1. The van der Waals surface area contributed by atoms with Gasteiger partial charge in [-0.15, -0.1) is 0 Å². The molecule has 1 aromatic rings. The van der Waals surface area contributed by atoms with Gasteiger partial charge >= 0.3 is 0 Å². The summed E-state index contributed by atoms with van der Waals surface area (Å²) >= 11 is 0. The number of carbonyl (C=O) groups excluding carboxylic acids is 1. The minimum absolute atomic E-state index is 0.0520. The summed E-state index contributed by atoms with van der Waals surface area (Å²) in [7, 11) is 1.62. The van der Waals surface area contributed by atoms with E-state index in [1.54, 1.807) is 12.0 Å². The monoisotopic (exact) mass is 292 g/mol. The van der Waals surface area contributed by atoms with Crippen LogP contribution in [0.4, 0.5) is 0 Å². The molecule has 0 heterocycles. The zero-order valence-electron chi connectivity index (χ0n) is 12.5. The fourth-order valence-corrected chi connectivity index (χ4v) is 2.86. The van der Waals surface area contributed by atoms with Gasteiger partial charge in [-0.3, -0.25) is 4.79 Å². The molecule has 0 atom stereocenters. The molecule has 1 aromatic carbocycles. The van der Waals surface area contributed by atoms with E-state index in [-0.39, 0.29) is 12.5 Å². The Morgan fingerprint density at radius 2 is 2.14 bits per heavy atom. The van der Waals surface area contributed by atoms with Crippen molar-refractivity contribution in [1.82, 2.24) is 4.90 Å². The van der Waals surface area contributed by atoms with Crippen LogP contribution in [0.3, 0.4) is 0 Å². The summed E-state index contributed by atoms with van der Waals surface area (Å²) in [4.78, 5) is 14.5. The summed E-state index contributed by atoms with van der Waals surface area (Å²) < 4.78 is 5.33. The van der Waals surface area contributed by atoms with E-state index >= 15 is 0 Å². The summed E-state index contributed by atoms with van der Waals surface area (Å²) in [5.41, 5.74) is 6.34. The van der Waals surface area contributed by atoms with E-state index in [1.165, 1.54) is 0 Å². The molecular weight excluding hydrogens is 268 g/mol. The quantitative estimate of drug-likeness (QED) is 0.790. The van der Waals surface area contributed by atoms with Gasteiger partial charge in [0.05, 0.1) is 19.1 Å². The zero-order valence-corrected chi connectivity index (χ0v) is 12.5. The van der Waals surface area contributed by atoms with Gasteiger partial charge in [-0.2, -0.15) is 0 Å². The van der Waals surface area contributed by atoms with Gasteiger partial charge in [0.1, 0.15) is 5.75 Å². The van der Waals surface area contributed by atoms with Crippen molar-refractivity contribution in [2.24, 2.45) is 11.1 Å². The van der Waals surface area contributed by atoms with Crippen molar-refractivity contribution in [1.29, 1.82) is 0 Å². The molecule has 0 saturated heterocycles. The van der Waals surface area contributed by atoms with Crippen molar-refractivity contribution in [3.05, 3.63) is 29.8 Å². The molecular formula is C16H24N2O3. The van der Waals surface area contributed by atoms with Gasteiger partial charge in [-0.1, -0.05) is 24.6 Å². The Morgan fingerprint density at radius 3 is 2.67 bits per heavy atom. The van der Waals surface area contributed by atoms with Crippen molar-refractivity contribution in [2.45, 2.75) is 25.8 Å². The van der Waals surface area contributed by atoms with E-state index in [9.17, 15) is 9.90 Å². The van der Waals surface area contributed by atoms with E-state index in [0.29, 0.717) is 19.6 Å². The predicted octanol–water partition coefficient (Wildman–Crippen LogP) is 1.15. The Hall–Kier alpha value is -1.59. The number of aliphatic hydroxyl groups excluding tert-OH is 1. The first kappa shape index (κ1) is 15.8. The second-order valence-corrected chi connectivity index (χ2v) is 5.60. The van der Waals surface area contributed by atoms with Crippen molar-refractivity contribution >= 4 is 5.91 Å². The molecule has 0 unspecified atom stereocenters. The van der Waals surface area contributed by atoms with Crippen molar-refractivity contribution in [3.8, 4) is 5.75 Å². The highest BCUT2D eigenvalue weighted by Gasteiger charge is 2.45. The smallest absolute Gasteiger partial charge is 0.230 e. The number of nitrogens with two attached hydrogens (primary N) is 1. The number of hydrogen-bond donors (Lipinski definition) is 2. The lowest BCUT2D eigenvalue weighted by atomic mass is 9.67. The Balaban J connectivity index is 2.17. The number of methoxy groups -OCH3 is 1. The minimum Gasteiger partial charge on any atom is -0.496 e. The molecule has 0 spiro atoms. The Labute approximate surface area is 125 Å². The Morgan fingerprint density at radius 1 is 1.43 bits per heavy atom. The van der Waals surface area contributed by atoms with Crippen LogP contribution in [0.1, 0.15) is 24.8 Å². The highest BCUT2D eigenvalue weighted by molar-refractivity contribution is 5.84. The number of benzene rings is 1. The van der Waals surface area contributed by atoms with Crippen LogP contribution in [-0.2, 0) is 11.3 Å². The molecule has 0 bridgehead atoms. The number of nitrogens with zero attached hydrogens (tertiary/aromatic N) is 1. The van der Waals surface area contributed by atoms with Gasteiger partial charge in [-0.25, -0.2) is 0 Å². The average molecular weight is 292 g/mol. The number of amides is 1. The standard InChI is InChI=1S/C16H24N2O3/c1-21-14-6-3-2-5-13(14)11-18(9-10-19)15(20)16(12-17)7-4-8-16/h2-3,5-6,19H,4,7-12,17H2,1H3. The van der Waals surface area contributed by atoms with Crippen LogP contribution < -0.4 is 10.5 Å². The largest absolute Gasteiger partial charge is 0.496 e. The van der Waals surface area contributed by atoms with E-state index in [0.717, 1.165) is 30.6 Å². The normalized spacial score (nSPS) is 16.1. The predicted molar refractivity (Wildman–Crippen MR) is 80.8 cm³/mol. The van der Waals surface area contributed by atoms with Crippen LogP contribution in [0.5, 0.6) is 5.75 Å². The van der Waals surface area contributed by atoms with Gasteiger partial charge in [0.2, 0.25) is 5.91 Å². The van der Waals surface area contributed by atoms with Crippen molar-refractivity contribution in [3.63, 3.8) is 0 Å². The number of carbonyl (C=O) groups is 1. The number of aliphatic hydroxyl groups is 1. The van der Waals surface area contributed by atoms with E-state index in [1.807, 2.05) is 24.3 Å². The molecule has 5 nitrogen and oxygen atoms in total. The third-order valence-electron chi connectivity index (χ3n) is 4.37. The lowest BCUT2D eigenvalue weighted by Gasteiger charge is -2.42. The molecule has 3 N–H and O–H groups in total. The maximum Gasteiger partial charge on any atom is 0.230 e. The first-order valence-corrected chi connectivity index (χ1v) is 7.39. The molecule has 5 heteroatoms. The van der Waals surface area contributed by atoms with Crippen LogP contribution >= 0.6 is 0 Å². The van der Waals surface area contributed by atoms with Crippen LogP contribution in [0.15, 0.2) is 24.3 Å². The topological polar surface area (TPSA) is 75.8 Å². The molecule has 1 fully saturated rings. The molecule has 1 amide bonds. The van der Waals surface area contributed by atoms with Gasteiger partial charge in [-0.05, 0) is 18.9 Å². The fraction of sp³-hybridized carbons (Fsp3) is 0.562. The van der Waals surface area contributed by atoms with Crippen molar-refractivity contribution < 1.29 is 14.6 Å². The van der Waals surface area contributed by atoms with E-state index in [2.05, 4.69) is 0 Å². The summed E-state index contributed by atoms with van der Waals surface area (Å²) in [6.45, 7) is 1.07. The van der Waals surface area contributed by atoms with E-state index < -0.39 is 5.41 Å². The average Bonchev–Trinajstić information content (AvgIpc) is 2.46. The first-order chi connectivity index (χ1) is 10.2. The van der Waals surface area contributed by atoms with Gasteiger partial charge in [0, 0.05) is 25.2 Å². The Kier molecular flexibility index (Phi) is 5.20. The maximum absolute atomic E-state index is 12.8. The molecule has 1 aliphatic carbocycles. The number of hydrogen-bond acceptors (Lipinski definition) is 4. The molecule has 1 saturated carbocycles. The SMILES string of the molecule is COc1ccccc1CN(CCO)C(=O)C1(CN)CCC1. The van der Waals surface area contributed by atoms with Gasteiger partial charge in [0.15, 0.2) is 0 Å². The number of ether oxygens (including phenoxy) is 1. The molecule has 1 aliphatic rings. The second-order valence-electron chi connectivity index (χ2n) is 5.60. The van der Waals surface area contributed by atoms with Gasteiger partial charge < -0.3 is 20.5 Å². The fourth-order valence-electron chi connectivity index (χ4n) is 2.86. The first-order valence-electron chi connectivity index (χ1n) is 7.39. The van der Waals surface area contributed by atoms with Crippen LogP contribution in [0.25, 0.3) is 0 Å². The summed E-state index contributed by atoms with van der Waals surface area (Å²) in [5.74, 6) is 0.805. The number of rotatable bonds is 7. The molecule has 0 radical (unpaired) electrons. The van der Waals surface area contributed by atoms with Crippen LogP contribution in [0.2, 0.25) is 0 Å². The van der Waals surface area contributed by atoms with Crippen LogP contribution in [-0.4, -0.2) is 42.7 Å². The zero-order chi connectivity index (χ0) is 15.3. The molecule has 0 aromatic heterocycles. The van der Waals surface area contributed by atoms with Crippen molar-refractivity contribution in [2.75, 3.05) is 26.8 Å². The lowest BCUT2D eigenvalue weighted by molar-refractivity contribution is -0.147. The molecule has 116 valence electrons. The van der Waals surface area contributed by atoms with Crippen LogP contribution in [0, 0.1) is 5.41 Å². The third kappa shape index (κ3) is 3.19. The molecule has 2 rings (SSSR count). The second kappa shape index (κ2) is 6.91. The highest BCUT2D eigenvalue weighted by atomic mass is 16.5. The maximum atomic E-state index is 12.8. The lowest BCUT2D eigenvalue weighted by Crippen LogP contribution is -2.52. The summed E-state index contributed by atoms with van der Waals surface area (Å²) in [5, 5.41) is 9.26. The summed E-state index contributed by atoms with van der Waals surface area (Å²) in [6.07, 6.45) is 2.73. The molecule has 0 aliphatic heterocycles. The van der Waals surface area contributed by atoms with E-state index in [4.69, 9.17) is 10.5 Å². The summed E-state index contributed by atoms with van der Waals surface area (Å²) in [6, 6.07) is 7.63. The highest BCUT2D eigenvalue weighted by Crippen LogP contribution is 2.41. The third-order valence-corrected chi connectivity index (χ3v) is 4.37. The van der Waals surface area contributed by atoms with Gasteiger partial charge in [0.25, 0.3) is 0 Å². The minimum atomic E-state index is -0.419.